The molecule has 2 heterocycles. The number of aromatic nitrogens is 4. The molecular weight excluding hydrogens is 180 g/mol. The van der Waals surface area contributed by atoms with Crippen molar-refractivity contribution in [2.24, 2.45) is 7.05 Å². The Hall–Kier alpha value is -2.11. The largest absolute Gasteiger partial charge is 0.383 e. The van der Waals surface area contributed by atoms with E-state index >= 15 is 0 Å². The molecule has 0 aromatic carbocycles. The van der Waals surface area contributed by atoms with Crippen LogP contribution in [-0.2, 0) is 7.05 Å². The molecule has 14 heavy (non-hydrogen) atoms. The summed E-state index contributed by atoms with van der Waals surface area (Å²) < 4.78 is 1.58. The van der Waals surface area contributed by atoms with E-state index in [0.29, 0.717) is 11.5 Å². The average Bonchev–Trinajstić information content (AvgIpc) is 2.48. The van der Waals surface area contributed by atoms with Gasteiger partial charge in [-0.05, 0) is 6.07 Å². The van der Waals surface area contributed by atoms with Gasteiger partial charge < -0.3 is 11.5 Å². The maximum absolute atomic E-state index is 5.78. The number of hydrogen-bond acceptors (Lipinski definition) is 5. The topological polar surface area (TPSA) is 95.6 Å². The van der Waals surface area contributed by atoms with Crippen molar-refractivity contribution in [3.63, 3.8) is 0 Å². The summed E-state index contributed by atoms with van der Waals surface area (Å²) in [5.74, 6) is 0.786. The molecular formula is C8H10N6. The van der Waals surface area contributed by atoms with Crippen LogP contribution in [0.5, 0.6) is 0 Å². The molecule has 72 valence electrons. The molecule has 0 spiro atoms. The summed E-state index contributed by atoms with van der Waals surface area (Å²) in [5, 5.41) is 4.01. The van der Waals surface area contributed by atoms with Crippen LogP contribution in [0.25, 0.3) is 11.3 Å². The van der Waals surface area contributed by atoms with Crippen LogP contribution in [-0.4, -0.2) is 19.7 Å². The first-order valence-electron chi connectivity index (χ1n) is 4.05. The highest BCUT2D eigenvalue weighted by molar-refractivity contribution is 5.70. The number of aryl methyl sites for hydroxylation is 1. The predicted molar refractivity (Wildman–Crippen MR) is 53.1 cm³/mol. The van der Waals surface area contributed by atoms with Gasteiger partial charge in [-0.2, -0.15) is 5.10 Å². The molecule has 0 fully saturated rings. The van der Waals surface area contributed by atoms with Gasteiger partial charge in [0.25, 0.3) is 0 Å². The van der Waals surface area contributed by atoms with E-state index < -0.39 is 0 Å². The summed E-state index contributed by atoms with van der Waals surface area (Å²) >= 11 is 0. The van der Waals surface area contributed by atoms with E-state index in [1.807, 2.05) is 0 Å². The molecule has 0 aliphatic carbocycles. The van der Waals surface area contributed by atoms with Crippen molar-refractivity contribution in [1.29, 1.82) is 0 Å². The summed E-state index contributed by atoms with van der Waals surface area (Å²) in [6.07, 6.45) is 3.24. The van der Waals surface area contributed by atoms with E-state index in [4.69, 9.17) is 11.5 Å². The molecule has 6 nitrogen and oxygen atoms in total. The lowest BCUT2D eigenvalue weighted by atomic mass is 10.2. The number of rotatable bonds is 1. The average molecular weight is 190 g/mol. The van der Waals surface area contributed by atoms with Crippen LogP contribution in [0.4, 0.5) is 11.8 Å². The first kappa shape index (κ1) is 8.49. The molecule has 0 unspecified atom stereocenters. The van der Waals surface area contributed by atoms with E-state index in [1.165, 1.54) is 0 Å². The van der Waals surface area contributed by atoms with Gasteiger partial charge in [0, 0.05) is 13.2 Å². The number of hydrogen-bond donors (Lipinski definition) is 2. The minimum atomic E-state index is 0.228. The van der Waals surface area contributed by atoms with Crippen molar-refractivity contribution in [2.75, 3.05) is 11.5 Å². The first-order valence-corrected chi connectivity index (χ1v) is 4.05. The molecule has 0 bridgehead atoms. The normalized spacial score (nSPS) is 10.4. The predicted octanol–water partition coefficient (Wildman–Crippen LogP) is 0.0415. The maximum atomic E-state index is 5.78. The molecule has 0 radical (unpaired) electrons. The van der Waals surface area contributed by atoms with Crippen molar-refractivity contribution in [3.05, 3.63) is 18.5 Å². The second kappa shape index (κ2) is 2.99. The molecule has 0 saturated carbocycles. The zero-order chi connectivity index (χ0) is 10.1. The molecule has 0 aliphatic heterocycles. The van der Waals surface area contributed by atoms with Gasteiger partial charge in [0.15, 0.2) is 0 Å². The second-order valence-electron chi connectivity index (χ2n) is 2.87. The van der Waals surface area contributed by atoms with Crippen LogP contribution in [0.1, 0.15) is 0 Å². The van der Waals surface area contributed by atoms with Crippen LogP contribution in [0.15, 0.2) is 18.5 Å². The molecule has 0 saturated heterocycles. The Morgan fingerprint density at radius 2 is 2.14 bits per heavy atom. The van der Waals surface area contributed by atoms with Crippen LogP contribution in [0.3, 0.4) is 0 Å². The van der Waals surface area contributed by atoms with Crippen molar-refractivity contribution >= 4 is 11.8 Å². The zero-order valence-corrected chi connectivity index (χ0v) is 7.68. The summed E-state index contributed by atoms with van der Waals surface area (Å²) in [6, 6.07) is 1.74. The summed E-state index contributed by atoms with van der Waals surface area (Å²) in [7, 11) is 1.77. The third-order valence-electron chi connectivity index (χ3n) is 1.93. The summed E-state index contributed by atoms with van der Waals surface area (Å²) in [5.41, 5.74) is 12.7. The smallest absolute Gasteiger partial charge is 0.220 e. The first-order chi connectivity index (χ1) is 6.68. The lowest BCUT2D eigenvalue weighted by Crippen LogP contribution is -1.99. The van der Waals surface area contributed by atoms with Gasteiger partial charge in [0.1, 0.15) is 5.82 Å². The fourth-order valence-electron chi connectivity index (χ4n) is 1.17. The summed E-state index contributed by atoms with van der Waals surface area (Å²) in [4.78, 5) is 7.85. The molecule has 6 heteroatoms. The van der Waals surface area contributed by atoms with E-state index in [1.54, 1.807) is 30.2 Å². The Kier molecular flexibility index (Phi) is 1.81. The quantitative estimate of drug-likeness (QED) is 0.662. The molecule has 2 aromatic heterocycles. The Labute approximate surface area is 80.6 Å². The zero-order valence-electron chi connectivity index (χ0n) is 7.68. The van der Waals surface area contributed by atoms with Crippen molar-refractivity contribution < 1.29 is 0 Å². The lowest BCUT2D eigenvalue weighted by Gasteiger charge is -1.99. The number of nitrogen functional groups attached to an aromatic ring is 2. The van der Waals surface area contributed by atoms with Crippen LogP contribution < -0.4 is 11.5 Å². The number of anilines is 2. The third kappa shape index (κ3) is 1.26. The number of nitrogens with two attached hydrogens (primary N) is 2. The van der Waals surface area contributed by atoms with Gasteiger partial charge in [0.05, 0.1) is 17.5 Å². The molecule has 4 N–H and O–H groups in total. The van der Waals surface area contributed by atoms with E-state index in [-0.39, 0.29) is 5.95 Å². The minimum absolute atomic E-state index is 0.228. The summed E-state index contributed by atoms with van der Waals surface area (Å²) in [6.45, 7) is 0. The fourth-order valence-corrected chi connectivity index (χ4v) is 1.17. The maximum Gasteiger partial charge on any atom is 0.220 e. The Morgan fingerprint density at radius 3 is 2.71 bits per heavy atom. The van der Waals surface area contributed by atoms with E-state index in [2.05, 4.69) is 15.1 Å². The minimum Gasteiger partial charge on any atom is -0.383 e. The highest BCUT2D eigenvalue weighted by Gasteiger charge is 2.08. The number of nitrogens with zero attached hydrogens (tertiary/aromatic N) is 4. The molecule has 2 rings (SSSR count). The Bertz CT molecular complexity index is 461. The Balaban J connectivity index is 2.55. The van der Waals surface area contributed by atoms with Crippen molar-refractivity contribution in [2.45, 2.75) is 0 Å². The Morgan fingerprint density at radius 1 is 1.36 bits per heavy atom. The van der Waals surface area contributed by atoms with Gasteiger partial charge in [-0.3, -0.25) is 4.68 Å². The van der Waals surface area contributed by atoms with Gasteiger partial charge in [0.2, 0.25) is 5.95 Å². The van der Waals surface area contributed by atoms with Crippen LogP contribution in [0.2, 0.25) is 0 Å². The monoisotopic (exact) mass is 190 g/mol. The molecule has 0 atom stereocenters. The highest BCUT2D eigenvalue weighted by atomic mass is 15.3. The molecule has 0 aliphatic rings. The third-order valence-corrected chi connectivity index (χ3v) is 1.93. The van der Waals surface area contributed by atoms with Crippen molar-refractivity contribution in [3.8, 4) is 11.3 Å². The molecule has 2 aromatic rings. The van der Waals surface area contributed by atoms with Crippen LogP contribution >= 0.6 is 0 Å². The van der Waals surface area contributed by atoms with E-state index in [0.717, 1.165) is 5.56 Å². The fraction of sp³-hybridized carbons (Fsp3) is 0.125. The van der Waals surface area contributed by atoms with Crippen molar-refractivity contribution in [1.82, 2.24) is 19.7 Å². The van der Waals surface area contributed by atoms with Gasteiger partial charge in [-0.15, -0.1) is 0 Å². The van der Waals surface area contributed by atoms with Gasteiger partial charge in [-0.25, -0.2) is 9.97 Å². The van der Waals surface area contributed by atoms with E-state index in [9.17, 15) is 0 Å². The highest BCUT2D eigenvalue weighted by Crippen LogP contribution is 2.22. The second-order valence-corrected chi connectivity index (χ2v) is 2.87. The molecule has 0 amide bonds. The SMILES string of the molecule is Cn1ncc(-c2ccnc(N)n2)c1N. The van der Waals surface area contributed by atoms with Gasteiger partial charge >= 0.3 is 0 Å². The lowest BCUT2D eigenvalue weighted by molar-refractivity contribution is 0.779. The van der Waals surface area contributed by atoms with Gasteiger partial charge in [-0.1, -0.05) is 0 Å². The standard InChI is InChI=1S/C8H10N6/c1-14-7(9)5(4-12-14)6-2-3-11-8(10)13-6/h2-4H,9H2,1H3,(H2,10,11,13). The van der Waals surface area contributed by atoms with Crippen LogP contribution in [0, 0.1) is 0 Å².